The zero-order valence-electron chi connectivity index (χ0n) is 10.6. The fourth-order valence-electron chi connectivity index (χ4n) is 1.87. The Bertz CT molecular complexity index is 353. The smallest absolute Gasteiger partial charge is 0.00101 e. The van der Waals surface area contributed by atoms with Crippen molar-refractivity contribution in [2.24, 2.45) is 0 Å². The lowest BCUT2D eigenvalue weighted by molar-refractivity contribution is 0.580. The number of allylic oxidation sites excluding steroid dienone is 1. The second-order valence-corrected chi connectivity index (χ2v) is 5.37. The highest BCUT2D eigenvalue weighted by atomic mass is 14.2. The highest BCUT2D eigenvalue weighted by molar-refractivity contribution is 5.39. The van der Waals surface area contributed by atoms with Crippen LogP contribution in [0.5, 0.6) is 0 Å². The minimum atomic E-state index is 0.209. The lowest BCUT2D eigenvalue weighted by Crippen LogP contribution is -2.15. The van der Waals surface area contributed by atoms with Crippen LogP contribution in [0.1, 0.15) is 50.3 Å². The number of aryl methyl sites for hydroxylation is 1. The summed E-state index contributed by atoms with van der Waals surface area (Å²) in [6.07, 6.45) is 2.02. The molecule has 0 fully saturated rings. The molecule has 1 atom stereocenters. The van der Waals surface area contributed by atoms with Gasteiger partial charge >= 0.3 is 0 Å². The molecule has 0 heterocycles. The summed E-state index contributed by atoms with van der Waals surface area (Å²) >= 11 is 0. The molecule has 0 aliphatic heterocycles. The Morgan fingerprint density at radius 3 is 2.33 bits per heavy atom. The summed E-state index contributed by atoms with van der Waals surface area (Å²) in [5, 5.41) is 0. The average molecular weight is 202 g/mol. The molecule has 15 heavy (non-hydrogen) atoms. The van der Waals surface area contributed by atoms with E-state index in [1.54, 1.807) is 0 Å². The molecule has 0 bridgehead atoms. The molecule has 0 aliphatic rings. The zero-order valence-corrected chi connectivity index (χ0v) is 10.6. The van der Waals surface area contributed by atoms with Crippen molar-refractivity contribution in [3.63, 3.8) is 0 Å². The molecular weight excluding hydrogens is 180 g/mol. The second kappa shape index (κ2) is 4.22. The van der Waals surface area contributed by atoms with E-state index in [0.29, 0.717) is 5.92 Å². The van der Waals surface area contributed by atoms with E-state index in [1.807, 2.05) is 6.08 Å². The second-order valence-electron chi connectivity index (χ2n) is 5.37. The molecule has 1 rings (SSSR count). The normalized spacial score (nSPS) is 13.7. The van der Waals surface area contributed by atoms with Crippen LogP contribution in [0.2, 0.25) is 0 Å². The van der Waals surface area contributed by atoms with Crippen LogP contribution in [0.4, 0.5) is 0 Å². The van der Waals surface area contributed by atoms with E-state index in [4.69, 9.17) is 0 Å². The fourth-order valence-corrected chi connectivity index (χ4v) is 1.87. The van der Waals surface area contributed by atoms with Gasteiger partial charge in [0.2, 0.25) is 0 Å². The first-order chi connectivity index (χ1) is 6.86. The van der Waals surface area contributed by atoms with Gasteiger partial charge in [0.25, 0.3) is 0 Å². The van der Waals surface area contributed by atoms with Crippen molar-refractivity contribution in [2.45, 2.75) is 46.0 Å². The molecule has 0 amide bonds. The van der Waals surface area contributed by atoms with Gasteiger partial charge < -0.3 is 0 Å². The Kier molecular flexibility index (Phi) is 3.38. The average Bonchev–Trinajstić information content (AvgIpc) is 2.14. The van der Waals surface area contributed by atoms with E-state index < -0.39 is 0 Å². The first-order valence-corrected chi connectivity index (χ1v) is 5.60. The largest absolute Gasteiger partial charge is 0.102 e. The van der Waals surface area contributed by atoms with Crippen LogP contribution in [0, 0.1) is 6.92 Å². The maximum Gasteiger partial charge on any atom is -0.00101 e. The van der Waals surface area contributed by atoms with E-state index >= 15 is 0 Å². The molecule has 1 unspecified atom stereocenters. The van der Waals surface area contributed by atoms with E-state index in [0.717, 1.165) is 0 Å². The van der Waals surface area contributed by atoms with Crippen molar-refractivity contribution in [3.8, 4) is 0 Å². The van der Waals surface area contributed by atoms with Crippen molar-refractivity contribution in [2.75, 3.05) is 0 Å². The molecule has 0 spiro atoms. The van der Waals surface area contributed by atoms with Crippen molar-refractivity contribution in [1.29, 1.82) is 0 Å². The first kappa shape index (κ1) is 12.0. The van der Waals surface area contributed by atoms with Gasteiger partial charge in [-0.2, -0.15) is 0 Å². The van der Waals surface area contributed by atoms with Crippen LogP contribution < -0.4 is 0 Å². The molecule has 82 valence electrons. The number of benzene rings is 1. The molecule has 0 saturated carbocycles. The third-order valence-electron chi connectivity index (χ3n) is 2.86. The summed E-state index contributed by atoms with van der Waals surface area (Å²) in [6.45, 7) is 15.0. The van der Waals surface area contributed by atoms with Crippen LogP contribution in [0.25, 0.3) is 0 Å². The van der Waals surface area contributed by atoms with E-state index in [1.165, 1.54) is 16.7 Å². The molecule has 0 N–H and O–H groups in total. The predicted molar refractivity (Wildman–Crippen MR) is 68.5 cm³/mol. The Labute approximate surface area is 94.0 Å². The van der Waals surface area contributed by atoms with Gasteiger partial charge in [0.15, 0.2) is 0 Å². The van der Waals surface area contributed by atoms with Gasteiger partial charge in [0.05, 0.1) is 0 Å². The summed E-state index contributed by atoms with van der Waals surface area (Å²) < 4.78 is 0. The summed E-state index contributed by atoms with van der Waals surface area (Å²) in [6, 6.07) is 6.73. The molecule has 1 aromatic carbocycles. The van der Waals surface area contributed by atoms with E-state index in [9.17, 15) is 0 Å². The van der Waals surface area contributed by atoms with Crippen LogP contribution >= 0.6 is 0 Å². The number of rotatable bonds is 2. The van der Waals surface area contributed by atoms with Crippen LogP contribution in [-0.4, -0.2) is 0 Å². The minimum absolute atomic E-state index is 0.209. The molecule has 0 saturated heterocycles. The number of hydrogen-bond acceptors (Lipinski definition) is 0. The highest BCUT2D eigenvalue weighted by Gasteiger charge is 2.19. The van der Waals surface area contributed by atoms with Crippen LogP contribution in [0.15, 0.2) is 30.9 Å². The van der Waals surface area contributed by atoms with Gasteiger partial charge in [-0.3, -0.25) is 0 Å². The maximum atomic E-state index is 3.89. The van der Waals surface area contributed by atoms with Crippen molar-refractivity contribution >= 4 is 0 Å². The van der Waals surface area contributed by atoms with Gasteiger partial charge in [-0.1, -0.05) is 57.5 Å². The topological polar surface area (TPSA) is 0 Å². The van der Waals surface area contributed by atoms with Gasteiger partial charge in [-0.05, 0) is 29.4 Å². The zero-order chi connectivity index (χ0) is 11.6. The first-order valence-electron chi connectivity index (χ1n) is 5.60. The summed E-state index contributed by atoms with van der Waals surface area (Å²) in [4.78, 5) is 0. The van der Waals surface area contributed by atoms with Crippen molar-refractivity contribution < 1.29 is 0 Å². The van der Waals surface area contributed by atoms with Gasteiger partial charge in [-0.25, -0.2) is 0 Å². The molecule has 0 nitrogen and oxygen atoms in total. The third kappa shape index (κ3) is 2.71. The van der Waals surface area contributed by atoms with Gasteiger partial charge in [0, 0.05) is 0 Å². The van der Waals surface area contributed by atoms with Gasteiger partial charge in [0.1, 0.15) is 0 Å². The number of hydrogen-bond donors (Lipinski definition) is 0. The summed E-state index contributed by atoms with van der Waals surface area (Å²) in [7, 11) is 0. The van der Waals surface area contributed by atoms with E-state index in [2.05, 4.69) is 59.4 Å². The maximum absolute atomic E-state index is 3.89. The minimum Gasteiger partial charge on any atom is -0.102 e. The summed E-state index contributed by atoms with van der Waals surface area (Å²) in [5.41, 5.74) is 4.38. The van der Waals surface area contributed by atoms with E-state index in [-0.39, 0.29) is 5.41 Å². The SMILES string of the molecule is C=CC(C)c1cc(C)ccc1C(C)(C)C. The quantitative estimate of drug-likeness (QED) is 0.616. The summed E-state index contributed by atoms with van der Waals surface area (Å²) in [5.74, 6) is 0.430. The molecule has 0 radical (unpaired) electrons. The highest BCUT2D eigenvalue weighted by Crippen LogP contribution is 2.31. The predicted octanol–water partition coefficient (Wildman–Crippen LogP) is 4.58. The molecule has 1 aromatic rings. The molecule has 0 aromatic heterocycles. The Balaban J connectivity index is 3.33. The van der Waals surface area contributed by atoms with Crippen LogP contribution in [-0.2, 0) is 5.41 Å². The Morgan fingerprint density at radius 1 is 1.27 bits per heavy atom. The van der Waals surface area contributed by atoms with Crippen molar-refractivity contribution in [3.05, 3.63) is 47.5 Å². The lowest BCUT2D eigenvalue weighted by atomic mass is 9.80. The van der Waals surface area contributed by atoms with Crippen LogP contribution in [0.3, 0.4) is 0 Å². The fraction of sp³-hybridized carbons (Fsp3) is 0.467. The standard InChI is InChI=1S/C15H22/c1-7-12(3)13-10-11(2)8-9-14(13)15(4,5)6/h7-10,12H,1H2,2-6H3. The van der Waals surface area contributed by atoms with Gasteiger partial charge in [-0.15, -0.1) is 6.58 Å². The monoisotopic (exact) mass is 202 g/mol. The van der Waals surface area contributed by atoms with Crippen molar-refractivity contribution in [1.82, 2.24) is 0 Å². The molecular formula is C15H22. The molecule has 0 aliphatic carbocycles. The Hall–Kier alpha value is -1.04. The molecule has 0 heteroatoms. The third-order valence-corrected chi connectivity index (χ3v) is 2.86. The lowest BCUT2D eigenvalue weighted by Gasteiger charge is -2.25. The Morgan fingerprint density at radius 2 is 1.87 bits per heavy atom.